The highest BCUT2D eigenvalue weighted by Crippen LogP contribution is 2.38. The van der Waals surface area contributed by atoms with Crippen molar-refractivity contribution >= 4 is 6.09 Å². The van der Waals surface area contributed by atoms with Crippen LogP contribution in [0.3, 0.4) is 0 Å². The van der Waals surface area contributed by atoms with Crippen molar-refractivity contribution < 1.29 is 18.8 Å². The highest BCUT2D eigenvalue weighted by Gasteiger charge is 2.32. The second kappa shape index (κ2) is 6.64. The van der Waals surface area contributed by atoms with Gasteiger partial charge < -0.3 is 19.3 Å². The molecule has 2 aliphatic rings. The monoisotopic (exact) mass is 309 g/mol. The van der Waals surface area contributed by atoms with Gasteiger partial charge in [-0.05, 0) is 18.8 Å². The molecule has 1 aromatic rings. The Labute approximate surface area is 129 Å². The molecule has 1 N–H and O–H groups in total. The molecule has 3 rings (SSSR count). The predicted molar refractivity (Wildman–Crippen MR) is 77.3 cm³/mol. The summed E-state index contributed by atoms with van der Waals surface area (Å²) in [5.41, 5.74) is 0. The minimum absolute atomic E-state index is 0.0775. The summed E-state index contributed by atoms with van der Waals surface area (Å²) >= 11 is 0. The van der Waals surface area contributed by atoms with E-state index >= 15 is 0 Å². The van der Waals surface area contributed by atoms with Crippen molar-refractivity contribution in [2.75, 3.05) is 13.2 Å². The first-order valence-electron chi connectivity index (χ1n) is 8.02. The van der Waals surface area contributed by atoms with Crippen molar-refractivity contribution in [2.45, 2.75) is 57.6 Å². The zero-order valence-electron chi connectivity index (χ0n) is 13.1. The lowest BCUT2D eigenvalue weighted by Crippen LogP contribution is -2.36. The van der Waals surface area contributed by atoms with Crippen LogP contribution in [0.4, 0.5) is 4.79 Å². The van der Waals surface area contributed by atoms with Gasteiger partial charge in [0.1, 0.15) is 12.1 Å². The molecule has 0 aromatic carbocycles. The summed E-state index contributed by atoms with van der Waals surface area (Å²) in [6.07, 6.45) is 3.20. The molecule has 1 unspecified atom stereocenters. The normalized spacial score (nSPS) is 20.9. The molecule has 1 aromatic heterocycles. The number of carbonyl (C=O) groups excluding carboxylic acids is 1. The maximum atomic E-state index is 12.1. The van der Waals surface area contributed by atoms with Gasteiger partial charge in [-0.3, -0.25) is 0 Å². The van der Waals surface area contributed by atoms with E-state index in [2.05, 4.69) is 15.5 Å². The fourth-order valence-corrected chi connectivity index (χ4v) is 2.50. The number of nitrogens with zero attached hydrogens (tertiary/aromatic N) is 2. The molecule has 2 heterocycles. The number of aromatic nitrogens is 2. The molecule has 7 heteroatoms. The molecule has 1 aliphatic carbocycles. The van der Waals surface area contributed by atoms with Gasteiger partial charge in [-0.25, -0.2) is 4.79 Å². The minimum Gasteiger partial charge on any atom is -0.446 e. The molecule has 122 valence electrons. The maximum absolute atomic E-state index is 12.1. The fourth-order valence-electron chi connectivity index (χ4n) is 2.50. The Morgan fingerprint density at radius 3 is 2.64 bits per heavy atom. The van der Waals surface area contributed by atoms with Crippen LogP contribution < -0.4 is 5.32 Å². The van der Waals surface area contributed by atoms with Crippen molar-refractivity contribution in [1.29, 1.82) is 0 Å². The molecule has 7 nitrogen and oxygen atoms in total. The first kappa shape index (κ1) is 15.3. The van der Waals surface area contributed by atoms with Crippen molar-refractivity contribution in [3.05, 3.63) is 11.7 Å². The molecule has 2 fully saturated rings. The van der Waals surface area contributed by atoms with E-state index in [1.54, 1.807) is 0 Å². The van der Waals surface area contributed by atoms with Gasteiger partial charge in [-0.2, -0.15) is 4.98 Å². The molecular weight excluding hydrogens is 286 g/mol. The molecule has 1 saturated carbocycles. The Bertz CT molecular complexity index is 507. The third-order valence-corrected chi connectivity index (χ3v) is 4.05. The lowest BCUT2D eigenvalue weighted by atomic mass is 10.0. The molecule has 0 spiro atoms. The highest BCUT2D eigenvalue weighted by atomic mass is 16.6. The van der Waals surface area contributed by atoms with Crippen molar-refractivity contribution in [1.82, 2.24) is 15.5 Å². The largest absolute Gasteiger partial charge is 0.446 e. The molecule has 0 bridgehead atoms. The smallest absolute Gasteiger partial charge is 0.408 e. The standard InChI is InChI=1S/C15H23N3O4/c1-9(2)12(14-17-13(18-22-14)10-3-4-10)16-15(19)21-11-5-7-20-8-6-11/h9-12H,3-8H2,1-2H3,(H,16,19). The summed E-state index contributed by atoms with van der Waals surface area (Å²) < 4.78 is 16.0. The summed E-state index contributed by atoms with van der Waals surface area (Å²) in [5, 5.41) is 6.86. The number of alkyl carbamates (subject to hydrolysis) is 1. The summed E-state index contributed by atoms with van der Waals surface area (Å²) in [4.78, 5) is 16.5. The molecule has 0 radical (unpaired) electrons. The maximum Gasteiger partial charge on any atom is 0.408 e. The van der Waals surface area contributed by atoms with E-state index in [1.165, 1.54) is 0 Å². The van der Waals surface area contributed by atoms with Gasteiger partial charge in [0, 0.05) is 18.8 Å². The van der Waals surface area contributed by atoms with E-state index in [1.807, 2.05) is 13.8 Å². The number of nitrogens with one attached hydrogen (secondary N) is 1. The van der Waals surface area contributed by atoms with Gasteiger partial charge in [-0.15, -0.1) is 0 Å². The summed E-state index contributed by atoms with van der Waals surface area (Å²) in [5.74, 6) is 1.77. The average molecular weight is 309 g/mol. The van der Waals surface area contributed by atoms with Crippen LogP contribution in [-0.4, -0.2) is 35.6 Å². The van der Waals surface area contributed by atoms with Crippen molar-refractivity contribution in [2.24, 2.45) is 5.92 Å². The topological polar surface area (TPSA) is 86.5 Å². The van der Waals surface area contributed by atoms with E-state index in [9.17, 15) is 4.79 Å². The van der Waals surface area contributed by atoms with Crippen LogP contribution in [0.1, 0.15) is 63.2 Å². The van der Waals surface area contributed by atoms with E-state index in [-0.39, 0.29) is 18.1 Å². The number of ether oxygens (including phenoxy) is 2. The average Bonchev–Trinajstić information content (AvgIpc) is 3.24. The molecule has 1 amide bonds. The number of hydrogen-bond acceptors (Lipinski definition) is 6. The zero-order valence-corrected chi connectivity index (χ0v) is 13.1. The van der Waals surface area contributed by atoms with E-state index in [0.29, 0.717) is 25.0 Å². The van der Waals surface area contributed by atoms with Crippen LogP contribution in [0, 0.1) is 5.92 Å². The minimum atomic E-state index is -0.434. The lowest BCUT2D eigenvalue weighted by Gasteiger charge is -2.24. The third-order valence-electron chi connectivity index (χ3n) is 4.05. The zero-order chi connectivity index (χ0) is 15.5. The SMILES string of the molecule is CC(C)C(NC(=O)OC1CCOCC1)c1nc(C2CC2)no1. The van der Waals surface area contributed by atoms with Gasteiger partial charge in [0.25, 0.3) is 0 Å². The number of rotatable bonds is 5. The summed E-state index contributed by atoms with van der Waals surface area (Å²) in [7, 11) is 0. The van der Waals surface area contributed by atoms with Crippen LogP contribution in [0.2, 0.25) is 0 Å². The number of hydrogen-bond donors (Lipinski definition) is 1. The molecule has 1 aliphatic heterocycles. The van der Waals surface area contributed by atoms with Gasteiger partial charge >= 0.3 is 6.09 Å². The van der Waals surface area contributed by atoms with Gasteiger partial charge in [0.05, 0.1) is 13.2 Å². The van der Waals surface area contributed by atoms with Crippen LogP contribution in [-0.2, 0) is 9.47 Å². The lowest BCUT2D eigenvalue weighted by molar-refractivity contribution is -0.0000994. The molecular formula is C15H23N3O4. The van der Waals surface area contributed by atoms with E-state index < -0.39 is 6.09 Å². The van der Waals surface area contributed by atoms with Crippen molar-refractivity contribution in [3.63, 3.8) is 0 Å². The summed E-state index contributed by atoms with van der Waals surface area (Å²) in [6.45, 7) is 5.28. The first-order chi connectivity index (χ1) is 10.6. The quantitative estimate of drug-likeness (QED) is 0.899. The van der Waals surface area contributed by atoms with Gasteiger partial charge in [0.2, 0.25) is 5.89 Å². The Morgan fingerprint density at radius 2 is 2.00 bits per heavy atom. The van der Waals surface area contributed by atoms with Gasteiger partial charge in [0.15, 0.2) is 5.82 Å². The van der Waals surface area contributed by atoms with E-state index in [0.717, 1.165) is 31.5 Å². The molecule has 22 heavy (non-hydrogen) atoms. The Balaban J connectivity index is 1.59. The van der Waals surface area contributed by atoms with Crippen LogP contribution in [0.5, 0.6) is 0 Å². The Morgan fingerprint density at radius 1 is 1.27 bits per heavy atom. The first-order valence-corrected chi connectivity index (χ1v) is 8.02. The van der Waals surface area contributed by atoms with Crippen molar-refractivity contribution in [3.8, 4) is 0 Å². The summed E-state index contributed by atoms with van der Waals surface area (Å²) in [6, 6.07) is -0.327. The van der Waals surface area contributed by atoms with Crippen LogP contribution in [0.15, 0.2) is 4.52 Å². The fraction of sp³-hybridized carbons (Fsp3) is 0.800. The number of carbonyl (C=O) groups is 1. The third kappa shape index (κ3) is 3.76. The second-order valence-corrected chi connectivity index (χ2v) is 6.35. The highest BCUT2D eigenvalue weighted by molar-refractivity contribution is 5.68. The second-order valence-electron chi connectivity index (χ2n) is 6.35. The number of amides is 1. The predicted octanol–water partition coefficient (Wildman–Crippen LogP) is 2.55. The molecule has 1 atom stereocenters. The Hall–Kier alpha value is -1.63. The van der Waals surface area contributed by atoms with Gasteiger partial charge in [-0.1, -0.05) is 19.0 Å². The molecule has 1 saturated heterocycles. The van der Waals surface area contributed by atoms with E-state index in [4.69, 9.17) is 14.0 Å². The van der Waals surface area contributed by atoms with Crippen LogP contribution >= 0.6 is 0 Å². The Kier molecular flexibility index (Phi) is 4.61. The van der Waals surface area contributed by atoms with Crippen LogP contribution in [0.25, 0.3) is 0 Å².